The third-order valence-corrected chi connectivity index (χ3v) is 3.47. The van der Waals surface area contributed by atoms with E-state index in [2.05, 4.69) is 22.0 Å². The fourth-order valence-corrected chi connectivity index (χ4v) is 2.35. The second-order valence-electron chi connectivity index (χ2n) is 3.76. The molecule has 0 amide bonds. The van der Waals surface area contributed by atoms with E-state index >= 15 is 0 Å². The van der Waals surface area contributed by atoms with E-state index in [0.29, 0.717) is 0 Å². The monoisotopic (exact) mass is 248 g/mol. The van der Waals surface area contributed by atoms with Crippen LogP contribution in [0.4, 0.5) is 0 Å². The maximum absolute atomic E-state index is 4.28. The van der Waals surface area contributed by atoms with E-state index in [9.17, 15) is 0 Å². The first-order valence-corrected chi connectivity index (χ1v) is 6.78. The summed E-state index contributed by atoms with van der Waals surface area (Å²) in [5, 5.41) is 5.23. The smallest absolute Gasteiger partial charge is 0.186 e. The molecule has 2 heterocycles. The molecule has 17 heavy (non-hydrogen) atoms. The van der Waals surface area contributed by atoms with Crippen LogP contribution in [0.3, 0.4) is 0 Å². The Bertz CT molecular complexity index is 441. The van der Waals surface area contributed by atoms with Crippen LogP contribution in [-0.4, -0.2) is 19.7 Å². The van der Waals surface area contributed by atoms with Gasteiger partial charge in [0.25, 0.3) is 0 Å². The average Bonchev–Trinajstić information content (AvgIpc) is 2.82. The summed E-state index contributed by atoms with van der Waals surface area (Å²) in [4.78, 5) is 8.29. The molecule has 0 unspecified atom stereocenters. The zero-order chi connectivity index (χ0) is 11.9. The Kier molecular flexibility index (Phi) is 4.55. The van der Waals surface area contributed by atoms with Gasteiger partial charge >= 0.3 is 0 Å². The predicted octanol–water partition coefficient (Wildman–Crippen LogP) is 2.77. The Morgan fingerprint density at radius 2 is 2.12 bits per heavy atom. The van der Waals surface area contributed by atoms with Gasteiger partial charge in [-0.15, -0.1) is 0 Å². The largest absolute Gasteiger partial charge is 0.265 e. The standard InChI is InChI=1S/C12H16N4S/c1-2-3-8-16-12(14-10-15-16)17-9-11-4-6-13-7-5-11/h4-7,10H,2-3,8-9H2,1H3. The van der Waals surface area contributed by atoms with E-state index in [1.807, 2.05) is 29.2 Å². The van der Waals surface area contributed by atoms with Crippen molar-refractivity contribution in [3.63, 3.8) is 0 Å². The van der Waals surface area contributed by atoms with Crippen molar-refractivity contribution in [3.05, 3.63) is 36.4 Å². The van der Waals surface area contributed by atoms with E-state index in [1.165, 1.54) is 12.0 Å². The number of rotatable bonds is 6. The van der Waals surface area contributed by atoms with Gasteiger partial charge in [0.1, 0.15) is 6.33 Å². The van der Waals surface area contributed by atoms with Gasteiger partial charge < -0.3 is 0 Å². The van der Waals surface area contributed by atoms with E-state index in [4.69, 9.17) is 0 Å². The molecule has 0 saturated heterocycles. The highest BCUT2D eigenvalue weighted by atomic mass is 32.2. The van der Waals surface area contributed by atoms with Crippen LogP contribution in [0.5, 0.6) is 0 Å². The molecule has 0 fully saturated rings. The van der Waals surface area contributed by atoms with E-state index in [-0.39, 0.29) is 0 Å². The number of thioether (sulfide) groups is 1. The van der Waals surface area contributed by atoms with Crippen LogP contribution in [-0.2, 0) is 12.3 Å². The summed E-state index contributed by atoms with van der Waals surface area (Å²) in [7, 11) is 0. The summed E-state index contributed by atoms with van der Waals surface area (Å²) in [5.74, 6) is 0.910. The number of pyridine rings is 1. The minimum atomic E-state index is 0.910. The molecule has 0 N–H and O–H groups in total. The normalized spacial score (nSPS) is 10.6. The van der Waals surface area contributed by atoms with Crippen LogP contribution in [0.15, 0.2) is 36.0 Å². The lowest BCUT2D eigenvalue weighted by molar-refractivity contribution is 0.527. The molecule has 0 aliphatic rings. The van der Waals surface area contributed by atoms with Crippen molar-refractivity contribution >= 4 is 11.8 Å². The zero-order valence-corrected chi connectivity index (χ0v) is 10.7. The minimum absolute atomic E-state index is 0.910. The lowest BCUT2D eigenvalue weighted by Crippen LogP contribution is -2.01. The number of nitrogens with zero attached hydrogens (tertiary/aromatic N) is 4. The summed E-state index contributed by atoms with van der Waals surface area (Å²) in [6, 6.07) is 4.06. The third-order valence-electron chi connectivity index (χ3n) is 2.42. The molecule has 4 nitrogen and oxygen atoms in total. The molecule has 0 aliphatic carbocycles. The quantitative estimate of drug-likeness (QED) is 0.737. The van der Waals surface area contributed by atoms with Gasteiger partial charge in [-0.05, 0) is 24.1 Å². The molecule has 2 aromatic rings. The van der Waals surface area contributed by atoms with Crippen LogP contribution in [0.25, 0.3) is 0 Å². The van der Waals surface area contributed by atoms with Crippen LogP contribution in [0.2, 0.25) is 0 Å². The van der Waals surface area contributed by atoms with E-state index in [0.717, 1.165) is 23.9 Å². The van der Waals surface area contributed by atoms with Gasteiger partial charge in [-0.1, -0.05) is 25.1 Å². The van der Waals surface area contributed by atoms with Crippen molar-refractivity contribution in [2.45, 2.75) is 37.2 Å². The lowest BCUT2D eigenvalue weighted by Gasteiger charge is -2.04. The molecule has 2 rings (SSSR count). The van der Waals surface area contributed by atoms with Gasteiger partial charge in [0.15, 0.2) is 5.16 Å². The van der Waals surface area contributed by atoms with Gasteiger partial charge in [0.2, 0.25) is 0 Å². The Balaban J connectivity index is 1.92. The summed E-state index contributed by atoms with van der Waals surface area (Å²) in [6.45, 7) is 3.13. The van der Waals surface area contributed by atoms with E-state index in [1.54, 1.807) is 18.1 Å². The highest BCUT2D eigenvalue weighted by Crippen LogP contribution is 2.20. The van der Waals surface area contributed by atoms with Gasteiger partial charge in [0, 0.05) is 24.7 Å². The van der Waals surface area contributed by atoms with Crippen molar-refractivity contribution < 1.29 is 0 Å². The number of aryl methyl sites for hydroxylation is 1. The van der Waals surface area contributed by atoms with Crippen molar-refractivity contribution in [1.82, 2.24) is 19.7 Å². The van der Waals surface area contributed by atoms with E-state index < -0.39 is 0 Å². The molecule has 90 valence electrons. The van der Waals surface area contributed by atoms with Crippen molar-refractivity contribution in [1.29, 1.82) is 0 Å². The van der Waals surface area contributed by atoms with Crippen LogP contribution < -0.4 is 0 Å². The Labute approximate surface area is 105 Å². The maximum Gasteiger partial charge on any atom is 0.186 e. The number of hydrogen-bond donors (Lipinski definition) is 0. The first-order chi connectivity index (χ1) is 8.40. The van der Waals surface area contributed by atoms with Gasteiger partial charge in [-0.25, -0.2) is 9.67 Å². The molecule has 0 spiro atoms. The summed E-state index contributed by atoms with van der Waals surface area (Å²) in [6.07, 6.45) is 7.58. The average molecular weight is 248 g/mol. The summed E-state index contributed by atoms with van der Waals surface area (Å²) < 4.78 is 1.98. The molecule has 0 aliphatic heterocycles. The second-order valence-corrected chi connectivity index (χ2v) is 4.71. The molecule has 5 heteroatoms. The molecule has 0 radical (unpaired) electrons. The fraction of sp³-hybridized carbons (Fsp3) is 0.417. The van der Waals surface area contributed by atoms with Crippen LogP contribution in [0.1, 0.15) is 25.3 Å². The molecule has 0 saturated carbocycles. The Hall–Kier alpha value is -1.36. The first kappa shape index (κ1) is 12.1. The summed E-state index contributed by atoms with van der Waals surface area (Å²) >= 11 is 1.72. The third kappa shape index (κ3) is 3.56. The SMILES string of the molecule is CCCCn1ncnc1SCc1ccncc1. The van der Waals surface area contributed by atoms with Crippen molar-refractivity contribution in [2.75, 3.05) is 0 Å². The van der Waals surface area contributed by atoms with Gasteiger partial charge in [0.05, 0.1) is 0 Å². The molecule has 2 aromatic heterocycles. The number of hydrogen-bond acceptors (Lipinski definition) is 4. The van der Waals surface area contributed by atoms with Crippen molar-refractivity contribution in [3.8, 4) is 0 Å². The molecule has 0 bridgehead atoms. The number of unbranched alkanes of at least 4 members (excludes halogenated alkanes) is 1. The molecule has 0 atom stereocenters. The number of aromatic nitrogens is 4. The van der Waals surface area contributed by atoms with Gasteiger partial charge in [-0.2, -0.15) is 5.10 Å². The Morgan fingerprint density at radius 1 is 1.29 bits per heavy atom. The highest BCUT2D eigenvalue weighted by Gasteiger charge is 2.04. The minimum Gasteiger partial charge on any atom is -0.265 e. The fourth-order valence-electron chi connectivity index (χ4n) is 1.45. The Morgan fingerprint density at radius 3 is 2.88 bits per heavy atom. The molecule has 0 aromatic carbocycles. The maximum atomic E-state index is 4.28. The van der Waals surface area contributed by atoms with Crippen LogP contribution >= 0.6 is 11.8 Å². The molecular weight excluding hydrogens is 232 g/mol. The zero-order valence-electron chi connectivity index (χ0n) is 9.91. The lowest BCUT2D eigenvalue weighted by atomic mass is 10.3. The summed E-state index contributed by atoms with van der Waals surface area (Å²) in [5.41, 5.74) is 1.26. The van der Waals surface area contributed by atoms with Gasteiger partial charge in [-0.3, -0.25) is 4.98 Å². The first-order valence-electron chi connectivity index (χ1n) is 5.79. The topological polar surface area (TPSA) is 43.6 Å². The highest BCUT2D eigenvalue weighted by molar-refractivity contribution is 7.98. The van der Waals surface area contributed by atoms with Crippen LogP contribution in [0, 0.1) is 0 Å². The predicted molar refractivity (Wildman–Crippen MR) is 68.7 cm³/mol. The van der Waals surface area contributed by atoms with Crippen molar-refractivity contribution in [2.24, 2.45) is 0 Å². The molecular formula is C12H16N4S. The second kappa shape index (κ2) is 6.39.